The third-order valence-electron chi connectivity index (χ3n) is 5.79. The molecule has 1 aliphatic heterocycles. The number of amides is 4. The van der Waals surface area contributed by atoms with E-state index < -0.39 is 36.0 Å². The number of nitrogens with one attached hydrogen (secondary N) is 2. The average Bonchev–Trinajstić information content (AvgIpc) is 3.34. The predicted molar refractivity (Wildman–Crippen MR) is 116 cm³/mol. The fourth-order valence-corrected chi connectivity index (χ4v) is 4.74. The highest BCUT2D eigenvalue weighted by molar-refractivity contribution is 7.13. The molecule has 1 spiro atoms. The summed E-state index contributed by atoms with van der Waals surface area (Å²) in [5.74, 6) is -1.36. The van der Waals surface area contributed by atoms with Crippen LogP contribution in [0.15, 0.2) is 35.7 Å². The van der Waals surface area contributed by atoms with Crippen molar-refractivity contribution in [1.29, 1.82) is 0 Å². The SMILES string of the molecule is CC1CCC2(CC1)NC(=O)N(NC(=O)COC(=O)Cc1csc(-c3ccccc3)n1)C2=O. The lowest BCUT2D eigenvalue weighted by Crippen LogP contribution is -2.52. The number of hydrazine groups is 1. The number of imide groups is 1. The van der Waals surface area contributed by atoms with Crippen molar-refractivity contribution < 1.29 is 23.9 Å². The molecular formula is C22H24N4O5S. The van der Waals surface area contributed by atoms with E-state index in [1.807, 2.05) is 30.3 Å². The quantitative estimate of drug-likeness (QED) is 0.509. The number of aromatic nitrogens is 1. The Morgan fingerprint density at radius 1 is 1.25 bits per heavy atom. The Morgan fingerprint density at radius 3 is 2.69 bits per heavy atom. The van der Waals surface area contributed by atoms with Crippen molar-refractivity contribution in [2.45, 2.75) is 44.6 Å². The molecule has 2 aliphatic rings. The summed E-state index contributed by atoms with van der Waals surface area (Å²) in [6.45, 7) is 1.51. The number of hydrogen-bond acceptors (Lipinski definition) is 7. The van der Waals surface area contributed by atoms with Crippen molar-refractivity contribution in [1.82, 2.24) is 20.7 Å². The maximum atomic E-state index is 12.7. The zero-order chi connectivity index (χ0) is 22.7. The molecule has 9 nitrogen and oxygen atoms in total. The first-order chi connectivity index (χ1) is 15.4. The minimum atomic E-state index is -0.950. The molecule has 1 aliphatic carbocycles. The number of ether oxygens (including phenoxy) is 1. The fourth-order valence-electron chi connectivity index (χ4n) is 3.92. The summed E-state index contributed by atoms with van der Waals surface area (Å²) in [6.07, 6.45) is 2.65. The van der Waals surface area contributed by atoms with Crippen LogP contribution in [-0.2, 0) is 25.5 Å². The second kappa shape index (κ2) is 9.07. The first-order valence-electron chi connectivity index (χ1n) is 10.5. The number of rotatable bonds is 6. The van der Waals surface area contributed by atoms with Crippen LogP contribution in [0.25, 0.3) is 10.6 Å². The molecule has 0 radical (unpaired) electrons. The van der Waals surface area contributed by atoms with Gasteiger partial charge in [-0.15, -0.1) is 11.3 Å². The molecule has 2 heterocycles. The van der Waals surface area contributed by atoms with Gasteiger partial charge in [0.15, 0.2) is 6.61 Å². The van der Waals surface area contributed by atoms with E-state index in [0.717, 1.165) is 23.4 Å². The summed E-state index contributed by atoms with van der Waals surface area (Å²) in [6, 6.07) is 8.92. The van der Waals surface area contributed by atoms with Gasteiger partial charge < -0.3 is 10.1 Å². The predicted octanol–water partition coefficient (Wildman–Crippen LogP) is 2.43. The zero-order valence-corrected chi connectivity index (χ0v) is 18.4. The van der Waals surface area contributed by atoms with Gasteiger partial charge in [-0.2, -0.15) is 5.01 Å². The Hall–Kier alpha value is -3.27. The van der Waals surface area contributed by atoms with E-state index in [1.54, 1.807) is 5.38 Å². The van der Waals surface area contributed by atoms with Crippen LogP contribution in [0, 0.1) is 5.92 Å². The molecule has 2 N–H and O–H groups in total. The van der Waals surface area contributed by atoms with Crippen LogP contribution >= 0.6 is 11.3 Å². The van der Waals surface area contributed by atoms with Crippen LogP contribution in [0.1, 0.15) is 38.3 Å². The van der Waals surface area contributed by atoms with Crippen LogP contribution in [0.3, 0.4) is 0 Å². The van der Waals surface area contributed by atoms with Gasteiger partial charge in [-0.1, -0.05) is 37.3 Å². The van der Waals surface area contributed by atoms with Crippen molar-refractivity contribution in [3.05, 3.63) is 41.4 Å². The van der Waals surface area contributed by atoms with E-state index in [9.17, 15) is 19.2 Å². The van der Waals surface area contributed by atoms with E-state index in [1.165, 1.54) is 11.3 Å². The van der Waals surface area contributed by atoms with Crippen LogP contribution < -0.4 is 10.7 Å². The Labute approximate surface area is 189 Å². The second-order valence-corrected chi connectivity index (χ2v) is 9.08. The third-order valence-corrected chi connectivity index (χ3v) is 6.73. The summed E-state index contributed by atoms with van der Waals surface area (Å²) in [4.78, 5) is 53.7. The highest BCUT2D eigenvalue weighted by atomic mass is 32.1. The van der Waals surface area contributed by atoms with Crippen LogP contribution in [0.5, 0.6) is 0 Å². The minimum absolute atomic E-state index is 0.0823. The monoisotopic (exact) mass is 456 g/mol. The van der Waals surface area contributed by atoms with E-state index in [2.05, 4.69) is 22.7 Å². The standard InChI is InChI=1S/C22H24N4O5S/c1-14-7-9-22(10-8-14)20(29)26(21(30)24-22)25-17(27)12-31-18(28)11-16-13-32-19(23-16)15-5-3-2-4-6-15/h2-6,13-14H,7-12H2,1H3,(H,24,30)(H,25,27). The van der Waals surface area contributed by atoms with E-state index in [0.29, 0.717) is 29.5 Å². The molecule has 4 amide bonds. The normalized spacial score (nSPS) is 22.7. The molecule has 1 saturated carbocycles. The first kappa shape index (κ1) is 21.9. The number of benzene rings is 1. The molecule has 10 heteroatoms. The van der Waals surface area contributed by atoms with Gasteiger partial charge in [0.2, 0.25) is 0 Å². The van der Waals surface area contributed by atoms with Crippen LogP contribution in [0.2, 0.25) is 0 Å². The largest absolute Gasteiger partial charge is 0.455 e. The lowest BCUT2D eigenvalue weighted by Gasteiger charge is -2.33. The maximum Gasteiger partial charge on any atom is 0.344 e. The molecule has 0 unspecified atom stereocenters. The molecular weight excluding hydrogens is 432 g/mol. The molecule has 1 aromatic carbocycles. The first-order valence-corrected chi connectivity index (χ1v) is 11.4. The molecule has 168 valence electrons. The Balaban J connectivity index is 1.26. The van der Waals surface area contributed by atoms with Gasteiger partial charge in [-0.05, 0) is 31.6 Å². The van der Waals surface area contributed by atoms with Crippen LogP contribution in [0.4, 0.5) is 4.79 Å². The van der Waals surface area contributed by atoms with Gasteiger partial charge in [0.05, 0.1) is 12.1 Å². The van der Waals surface area contributed by atoms with Gasteiger partial charge in [-0.25, -0.2) is 9.78 Å². The number of thiazole rings is 1. The van der Waals surface area contributed by atoms with Crippen molar-refractivity contribution in [2.75, 3.05) is 6.61 Å². The molecule has 0 atom stereocenters. The Morgan fingerprint density at radius 2 is 1.97 bits per heavy atom. The Kier molecular flexibility index (Phi) is 6.22. The molecule has 32 heavy (non-hydrogen) atoms. The minimum Gasteiger partial charge on any atom is -0.455 e. The smallest absolute Gasteiger partial charge is 0.344 e. The van der Waals surface area contributed by atoms with Gasteiger partial charge in [0, 0.05) is 10.9 Å². The number of urea groups is 1. The topological polar surface area (TPSA) is 118 Å². The number of hydrogen-bond donors (Lipinski definition) is 2. The summed E-state index contributed by atoms with van der Waals surface area (Å²) < 4.78 is 5.00. The third kappa shape index (κ3) is 4.64. The summed E-state index contributed by atoms with van der Waals surface area (Å²) in [7, 11) is 0. The number of nitrogens with zero attached hydrogens (tertiary/aromatic N) is 2. The van der Waals surface area contributed by atoms with Crippen molar-refractivity contribution in [3.63, 3.8) is 0 Å². The van der Waals surface area contributed by atoms with E-state index in [4.69, 9.17) is 4.74 Å². The van der Waals surface area contributed by atoms with Gasteiger partial charge in [0.25, 0.3) is 11.8 Å². The average molecular weight is 457 g/mol. The highest BCUT2D eigenvalue weighted by Gasteiger charge is 2.52. The van der Waals surface area contributed by atoms with Crippen molar-refractivity contribution >= 4 is 35.2 Å². The Bertz CT molecular complexity index is 1030. The van der Waals surface area contributed by atoms with E-state index >= 15 is 0 Å². The summed E-state index contributed by atoms with van der Waals surface area (Å²) >= 11 is 1.41. The molecule has 2 fully saturated rings. The molecule has 4 rings (SSSR count). The summed E-state index contributed by atoms with van der Waals surface area (Å²) in [5.41, 5.74) is 2.80. The van der Waals surface area contributed by atoms with Gasteiger partial charge in [-0.3, -0.25) is 19.8 Å². The van der Waals surface area contributed by atoms with E-state index in [-0.39, 0.29) is 6.42 Å². The molecule has 1 saturated heterocycles. The molecule has 2 aromatic rings. The van der Waals surface area contributed by atoms with Crippen LogP contribution in [-0.4, -0.2) is 46.0 Å². The fraction of sp³-hybridized carbons (Fsp3) is 0.409. The summed E-state index contributed by atoms with van der Waals surface area (Å²) in [5, 5.41) is 5.96. The second-order valence-electron chi connectivity index (χ2n) is 8.22. The molecule has 0 bridgehead atoms. The lowest BCUT2D eigenvalue weighted by atomic mass is 9.77. The van der Waals surface area contributed by atoms with Gasteiger partial charge >= 0.3 is 12.0 Å². The van der Waals surface area contributed by atoms with Gasteiger partial charge in [0.1, 0.15) is 10.5 Å². The maximum absolute atomic E-state index is 12.7. The van der Waals surface area contributed by atoms with Crippen molar-refractivity contribution in [3.8, 4) is 10.6 Å². The number of esters is 1. The molecule has 1 aromatic heterocycles. The number of carbonyl (C=O) groups is 4. The zero-order valence-electron chi connectivity index (χ0n) is 17.6. The lowest BCUT2D eigenvalue weighted by molar-refractivity contribution is -0.150. The number of carbonyl (C=O) groups excluding carboxylic acids is 4. The van der Waals surface area contributed by atoms with Crippen molar-refractivity contribution in [2.24, 2.45) is 5.92 Å². The highest BCUT2D eigenvalue weighted by Crippen LogP contribution is 2.35.